The molecule has 1 heterocycles. The highest BCUT2D eigenvalue weighted by Crippen LogP contribution is 2.39. The molecular formula is C15H21NO5. The largest absolute Gasteiger partial charge is 0.493 e. The van der Waals surface area contributed by atoms with E-state index in [0.29, 0.717) is 29.4 Å². The first-order valence-electron chi connectivity index (χ1n) is 6.89. The van der Waals surface area contributed by atoms with E-state index < -0.39 is 0 Å². The van der Waals surface area contributed by atoms with Crippen molar-refractivity contribution in [2.24, 2.45) is 0 Å². The Morgan fingerprint density at radius 3 is 2.38 bits per heavy atom. The van der Waals surface area contributed by atoms with Gasteiger partial charge in [-0.2, -0.15) is 0 Å². The number of hydrogen-bond acceptors (Lipinski definition) is 5. The van der Waals surface area contributed by atoms with Crippen LogP contribution in [0.2, 0.25) is 0 Å². The van der Waals surface area contributed by atoms with E-state index in [2.05, 4.69) is 5.32 Å². The van der Waals surface area contributed by atoms with Gasteiger partial charge in [-0.05, 0) is 12.8 Å². The maximum atomic E-state index is 12.0. The first-order chi connectivity index (χ1) is 10.2. The van der Waals surface area contributed by atoms with Gasteiger partial charge in [-0.1, -0.05) is 0 Å². The van der Waals surface area contributed by atoms with Crippen molar-refractivity contribution in [3.63, 3.8) is 0 Å². The Hall–Kier alpha value is -1.95. The standard InChI is InChI=1S/C15H21NO5/c1-18-12-7-10(8-13(19-2)15(12)20-3)16-14(17)9-11-5-4-6-21-11/h7-8,11H,4-6,9H2,1-3H3,(H,16,17). The monoisotopic (exact) mass is 295 g/mol. The van der Waals surface area contributed by atoms with E-state index in [1.807, 2.05) is 0 Å². The van der Waals surface area contributed by atoms with Gasteiger partial charge in [0, 0.05) is 24.4 Å². The Morgan fingerprint density at radius 2 is 1.90 bits per heavy atom. The molecule has 6 nitrogen and oxygen atoms in total. The van der Waals surface area contributed by atoms with Crippen LogP contribution in [-0.2, 0) is 9.53 Å². The minimum Gasteiger partial charge on any atom is -0.493 e. The number of rotatable bonds is 6. The second-order valence-electron chi connectivity index (χ2n) is 4.80. The van der Waals surface area contributed by atoms with Crippen LogP contribution in [0.1, 0.15) is 19.3 Å². The average molecular weight is 295 g/mol. The molecule has 1 saturated heterocycles. The number of carbonyl (C=O) groups is 1. The lowest BCUT2D eigenvalue weighted by atomic mass is 10.1. The molecule has 2 rings (SSSR count). The number of anilines is 1. The third kappa shape index (κ3) is 3.78. The molecule has 1 aromatic carbocycles. The normalized spacial score (nSPS) is 17.4. The second-order valence-corrected chi connectivity index (χ2v) is 4.80. The highest BCUT2D eigenvalue weighted by molar-refractivity contribution is 5.91. The first kappa shape index (κ1) is 15.4. The van der Waals surface area contributed by atoms with Gasteiger partial charge in [-0.25, -0.2) is 0 Å². The zero-order valence-corrected chi connectivity index (χ0v) is 12.6. The van der Waals surface area contributed by atoms with Crippen molar-refractivity contribution in [2.75, 3.05) is 33.3 Å². The van der Waals surface area contributed by atoms with E-state index in [-0.39, 0.29) is 12.0 Å². The average Bonchev–Trinajstić information content (AvgIpc) is 2.98. The number of benzene rings is 1. The molecule has 1 amide bonds. The molecule has 1 fully saturated rings. The van der Waals surface area contributed by atoms with Crippen molar-refractivity contribution in [3.05, 3.63) is 12.1 Å². The molecule has 0 spiro atoms. The quantitative estimate of drug-likeness (QED) is 0.871. The SMILES string of the molecule is COc1cc(NC(=O)CC2CCCO2)cc(OC)c1OC. The molecule has 1 N–H and O–H groups in total. The summed E-state index contributed by atoms with van der Waals surface area (Å²) in [6.07, 6.45) is 2.33. The Balaban J connectivity index is 2.09. The van der Waals surface area contributed by atoms with E-state index in [9.17, 15) is 4.79 Å². The summed E-state index contributed by atoms with van der Waals surface area (Å²) in [5.74, 6) is 1.42. The third-order valence-corrected chi connectivity index (χ3v) is 3.39. The summed E-state index contributed by atoms with van der Waals surface area (Å²) < 4.78 is 21.2. The van der Waals surface area contributed by atoms with Crippen molar-refractivity contribution in [2.45, 2.75) is 25.4 Å². The zero-order chi connectivity index (χ0) is 15.2. The number of ether oxygens (including phenoxy) is 4. The van der Waals surface area contributed by atoms with Crippen LogP contribution < -0.4 is 19.5 Å². The number of hydrogen-bond donors (Lipinski definition) is 1. The summed E-state index contributed by atoms with van der Waals surface area (Å²) in [7, 11) is 4.61. The lowest BCUT2D eigenvalue weighted by Crippen LogP contribution is -2.19. The van der Waals surface area contributed by atoms with Crippen LogP contribution in [0.4, 0.5) is 5.69 Å². The number of methoxy groups -OCH3 is 3. The van der Waals surface area contributed by atoms with E-state index in [1.165, 1.54) is 21.3 Å². The fourth-order valence-corrected chi connectivity index (χ4v) is 2.38. The molecule has 0 bridgehead atoms. The molecule has 1 aromatic rings. The predicted molar refractivity (Wildman–Crippen MR) is 78.3 cm³/mol. The van der Waals surface area contributed by atoms with Crippen LogP contribution in [0, 0.1) is 0 Å². The minimum absolute atomic E-state index is 0.0204. The third-order valence-electron chi connectivity index (χ3n) is 3.39. The summed E-state index contributed by atoms with van der Waals surface area (Å²) in [6.45, 7) is 0.738. The summed E-state index contributed by atoms with van der Waals surface area (Å²) in [5, 5.41) is 2.84. The Kier molecular flexibility index (Phi) is 5.27. The molecule has 21 heavy (non-hydrogen) atoms. The highest BCUT2D eigenvalue weighted by atomic mass is 16.5. The summed E-state index contributed by atoms with van der Waals surface area (Å²) >= 11 is 0. The van der Waals surface area contributed by atoms with Crippen LogP contribution in [0.15, 0.2) is 12.1 Å². The van der Waals surface area contributed by atoms with Gasteiger partial charge >= 0.3 is 0 Å². The fourth-order valence-electron chi connectivity index (χ4n) is 2.38. The minimum atomic E-state index is -0.0869. The molecule has 1 aliphatic heterocycles. The predicted octanol–water partition coefficient (Wildman–Crippen LogP) is 2.22. The Bertz CT molecular complexity index is 472. The molecule has 116 valence electrons. The molecule has 0 aromatic heterocycles. The Morgan fingerprint density at radius 1 is 1.24 bits per heavy atom. The summed E-state index contributed by atoms with van der Waals surface area (Å²) in [5.41, 5.74) is 0.604. The molecule has 1 aliphatic rings. The number of amides is 1. The zero-order valence-electron chi connectivity index (χ0n) is 12.6. The van der Waals surface area contributed by atoms with Gasteiger partial charge in [0.15, 0.2) is 11.5 Å². The molecule has 1 atom stereocenters. The topological polar surface area (TPSA) is 66.0 Å². The van der Waals surface area contributed by atoms with Gasteiger partial charge in [0.05, 0.1) is 33.9 Å². The van der Waals surface area contributed by atoms with E-state index in [4.69, 9.17) is 18.9 Å². The van der Waals surface area contributed by atoms with E-state index in [0.717, 1.165) is 19.4 Å². The van der Waals surface area contributed by atoms with Crippen LogP contribution >= 0.6 is 0 Å². The molecule has 1 unspecified atom stereocenters. The van der Waals surface area contributed by atoms with Crippen molar-refractivity contribution >= 4 is 11.6 Å². The van der Waals surface area contributed by atoms with Crippen molar-refractivity contribution in [1.29, 1.82) is 0 Å². The van der Waals surface area contributed by atoms with Gasteiger partial charge in [-0.15, -0.1) is 0 Å². The Labute approximate surface area is 124 Å². The first-order valence-corrected chi connectivity index (χ1v) is 6.89. The van der Waals surface area contributed by atoms with Crippen LogP contribution in [-0.4, -0.2) is 39.9 Å². The molecule has 0 radical (unpaired) electrons. The van der Waals surface area contributed by atoms with Crippen LogP contribution in [0.5, 0.6) is 17.2 Å². The van der Waals surface area contributed by atoms with Crippen molar-refractivity contribution < 1.29 is 23.7 Å². The summed E-state index contributed by atoms with van der Waals surface area (Å²) in [6, 6.07) is 3.41. The van der Waals surface area contributed by atoms with Crippen LogP contribution in [0.3, 0.4) is 0 Å². The molecule has 0 aliphatic carbocycles. The van der Waals surface area contributed by atoms with E-state index in [1.54, 1.807) is 12.1 Å². The fraction of sp³-hybridized carbons (Fsp3) is 0.533. The maximum Gasteiger partial charge on any atom is 0.226 e. The molecule has 6 heteroatoms. The maximum absolute atomic E-state index is 12.0. The van der Waals surface area contributed by atoms with Gasteiger partial charge in [0.25, 0.3) is 0 Å². The molecular weight excluding hydrogens is 274 g/mol. The smallest absolute Gasteiger partial charge is 0.226 e. The van der Waals surface area contributed by atoms with Crippen molar-refractivity contribution in [3.8, 4) is 17.2 Å². The van der Waals surface area contributed by atoms with Gasteiger partial charge in [-0.3, -0.25) is 4.79 Å². The van der Waals surface area contributed by atoms with Gasteiger partial charge in [0.1, 0.15) is 0 Å². The lowest BCUT2D eigenvalue weighted by Gasteiger charge is -2.15. The highest BCUT2D eigenvalue weighted by Gasteiger charge is 2.20. The van der Waals surface area contributed by atoms with Crippen LogP contribution in [0.25, 0.3) is 0 Å². The number of carbonyl (C=O) groups excluding carboxylic acids is 1. The van der Waals surface area contributed by atoms with Crippen molar-refractivity contribution in [1.82, 2.24) is 0 Å². The second kappa shape index (κ2) is 7.17. The van der Waals surface area contributed by atoms with Gasteiger partial charge in [0.2, 0.25) is 11.7 Å². The molecule has 0 saturated carbocycles. The number of nitrogens with one attached hydrogen (secondary N) is 1. The van der Waals surface area contributed by atoms with E-state index >= 15 is 0 Å². The lowest BCUT2D eigenvalue weighted by molar-refractivity contribution is -0.118. The van der Waals surface area contributed by atoms with Gasteiger partial charge < -0.3 is 24.3 Å². The summed E-state index contributed by atoms with van der Waals surface area (Å²) in [4.78, 5) is 12.0.